The number of aromatic carboxylic acids is 1. The van der Waals surface area contributed by atoms with Crippen LogP contribution in [-0.2, 0) is 0 Å². The number of carboxylic acids is 1. The maximum Gasteiger partial charge on any atom is 0.387 e. The van der Waals surface area contributed by atoms with E-state index in [1.165, 1.54) is 42.5 Å². The smallest absolute Gasteiger partial charge is 0.387 e. The quantitative estimate of drug-likeness (QED) is 0.883. The number of carboxylic acid groups (broad SMARTS) is 1. The zero-order valence-electron chi connectivity index (χ0n) is 12.0. The minimum absolute atomic E-state index is 0.120. The van der Waals surface area contributed by atoms with Crippen molar-refractivity contribution >= 4 is 17.6 Å². The van der Waals surface area contributed by atoms with E-state index in [9.17, 15) is 18.4 Å². The molecule has 2 aromatic carbocycles. The summed E-state index contributed by atoms with van der Waals surface area (Å²) in [5.41, 5.74) is 1.17. The highest BCUT2D eigenvalue weighted by Gasteiger charge is 2.12. The molecule has 5 nitrogen and oxygen atoms in total. The fraction of sp³-hybridized carbons (Fsp3) is 0.125. The summed E-state index contributed by atoms with van der Waals surface area (Å²) in [6.45, 7) is -1.37. The zero-order chi connectivity index (χ0) is 17.0. The SMILES string of the molecule is Cc1cc(NC(=O)c2cccc(OC(F)F)c2)ccc1C(=O)O. The lowest BCUT2D eigenvalue weighted by atomic mass is 10.1. The first-order chi connectivity index (χ1) is 10.9. The second-order valence-corrected chi connectivity index (χ2v) is 4.70. The third kappa shape index (κ3) is 4.26. The van der Waals surface area contributed by atoms with Gasteiger partial charge in [0.25, 0.3) is 5.91 Å². The molecule has 0 bridgehead atoms. The largest absolute Gasteiger partial charge is 0.478 e. The van der Waals surface area contributed by atoms with Crippen molar-refractivity contribution in [1.29, 1.82) is 0 Å². The van der Waals surface area contributed by atoms with Crippen LogP contribution in [0.5, 0.6) is 5.75 Å². The monoisotopic (exact) mass is 321 g/mol. The Bertz CT molecular complexity index is 747. The molecule has 2 rings (SSSR count). The average Bonchev–Trinajstić information content (AvgIpc) is 2.46. The number of carbonyl (C=O) groups excluding carboxylic acids is 1. The summed E-state index contributed by atoms with van der Waals surface area (Å²) in [5, 5.41) is 11.5. The highest BCUT2D eigenvalue weighted by Crippen LogP contribution is 2.19. The summed E-state index contributed by atoms with van der Waals surface area (Å²) in [7, 11) is 0. The Morgan fingerprint density at radius 3 is 2.52 bits per heavy atom. The Hall–Kier alpha value is -2.96. The van der Waals surface area contributed by atoms with Gasteiger partial charge in [-0.2, -0.15) is 8.78 Å². The molecular formula is C16H13F2NO4. The van der Waals surface area contributed by atoms with Gasteiger partial charge in [-0.25, -0.2) is 4.79 Å². The molecule has 1 amide bonds. The topological polar surface area (TPSA) is 75.6 Å². The number of aryl methyl sites for hydroxylation is 1. The van der Waals surface area contributed by atoms with Crippen molar-refractivity contribution in [3.05, 3.63) is 59.2 Å². The van der Waals surface area contributed by atoms with Crippen LogP contribution < -0.4 is 10.1 Å². The van der Waals surface area contributed by atoms with Crippen LogP contribution in [-0.4, -0.2) is 23.6 Å². The zero-order valence-corrected chi connectivity index (χ0v) is 12.0. The summed E-state index contributed by atoms with van der Waals surface area (Å²) in [6, 6.07) is 9.73. The van der Waals surface area contributed by atoms with Crippen LogP contribution in [0.3, 0.4) is 0 Å². The van der Waals surface area contributed by atoms with Gasteiger partial charge in [0.2, 0.25) is 0 Å². The van der Waals surface area contributed by atoms with E-state index in [0.29, 0.717) is 11.3 Å². The first-order valence-electron chi connectivity index (χ1n) is 6.57. The van der Waals surface area contributed by atoms with Crippen LogP contribution in [0.1, 0.15) is 26.3 Å². The Morgan fingerprint density at radius 2 is 1.91 bits per heavy atom. The van der Waals surface area contributed by atoms with Crippen LogP contribution in [0.25, 0.3) is 0 Å². The van der Waals surface area contributed by atoms with E-state index in [4.69, 9.17) is 5.11 Å². The predicted octanol–water partition coefficient (Wildman–Crippen LogP) is 3.55. The van der Waals surface area contributed by atoms with Gasteiger partial charge in [0.1, 0.15) is 5.75 Å². The van der Waals surface area contributed by atoms with E-state index in [0.717, 1.165) is 0 Å². The Kier molecular flexibility index (Phi) is 4.90. The van der Waals surface area contributed by atoms with Crippen molar-refractivity contribution in [2.45, 2.75) is 13.5 Å². The van der Waals surface area contributed by atoms with Crippen molar-refractivity contribution in [3.8, 4) is 5.75 Å². The van der Waals surface area contributed by atoms with Gasteiger partial charge in [-0.1, -0.05) is 6.07 Å². The Balaban J connectivity index is 2.16. The second-order valence-electron chi connectivity index (χ2n) is 4.70. The highest BCUT2D eigenvalue weighted by molar-refractivity contribution is 6.04. The van der Waals surface area contributed by atoms with E-state index >= 15 is 0 Å². The van der Waals surface area contributed by atoms with Gasteiger partial charge in [-0.3, -0.25) is 4.79 Å². The van der Waals surface area contributed by atoms with E-state index in [1.54, 1.807) is 6.92 Å². The number of benzene rings is 2. The van der Waals surface area contributed by atoms with Crippen molar-refractivity contribution in [3.63, 3.8) is 0 Å². The van der Waals surface area contributed by atoms with E-state index in [1.807, 2.05) is 0 Å². The number of hydrogen-bond acceptors (Lipinski definition) is 3. The number of ether oxygens (including phenoxy) is 1. The summed E-state index contributed by atoms with van der Waals surface area (Å²) >= 11 is 0. The number of hydrogen-bond donors (Lipinski definition) is 2. The first-order valence-corrected chi connectivity index (χ1v) is 6.57. The second kappa shape index (κ2) is 6.87. The number of halogens is 2. The van der Waals surface area contributed by atoms with Crippen molar-refractivity contribution < 1.29 is 28.2 Å². The minimum Gasteiger partial charge on any atom is -0.478 e. The molecular weight excluding hydrogens is 308 g/mol. The summed E-state index contributed by atoms with van der Waals surface area (Å²) in [6.07, 6.45) is 0. The molecule has 0 spiro atoms. The molecule has 0 heterocycles. The number of alkyl halides is 2. The molecule has 0 saturated carbocycles. The number of anilines is 1. The third-order valence-electron chi connectivity index (χ3n) is 3.04. The van der Waals surface area contributed by atoms with Crippen LogP contribution >= 0.6 is 0 Å². The lowest BCUT2D eigenvalue weighted by Gasteiger charge is -2.09. The van der Waals surface area contributed by atoms with Gasteiger partial charge in [0.15, 0.2) is 0 Å². The van der Waals surface area contributed by atoms with E-state index in [-0.39, 0.29) is 16.9 Å². The Morgan fingerprint density at radius 1 is 1.17 bits per heavy atom. The standard InChI is InChI=1S/C16H13F2NO4/c1-9-7-11(5-6-13(9)15(21)22)19-14(20)10-3-2-4-12(8-10)23-16(17)18/h2-8,16H,1H3,(H,19,20)(H,21,22). The molecule has 0 atom stereocenters. The van der Waals surface area contributed by atoms with Crippen molar-refractivity contribution in [1.82, 2.24) is 0 Å². The molecule has 0 saturated heterocycles. The number of rotatable bonds is 5. The molecule has 0 aliphatic heterocycles. The average molecular weight is 321 g/mol. The van der Waals surface area contributed by atoms with Crippen molar-refractivity contribution in [2.24, 2.45) is 0 Å². The predicted molar refractivity (Wildman–Crippen MR) is 79.2 cm³/mol. The van der Waals surface area contributed by atoms with Crippen LogP contribution in [0, 0.1) is 6.92 Å². The summed E-state index contributed by atoms with van der Waals surface area (Å²) < 4.78 is 28.6. The minimum atomic E-state index is -2.97. The van der Waals surface area contributed by atoms with Crippen LogP contribution in [0.2, 0.25) is 0 Å². The highest BCUT2D eigenvalue weighted by atomic mass is 19.3. The fourth-order valence-electron chi connectivity index (χ4n) is 2.00. The molecule has 0 fully saturated rings. The van der Waals surface area contributed by atoms with Crippen LogP contribution in [0.15, 0.2) is 42.5 Å². The van der Waals surface area contributed by atoms with E-state index < -0.39 is 18.5 Å². The number of carbonyl (C=O) groups is 2. The van der Waals surface area contributed by atoms with E-state index in [2.05, 4.69) is 10.1 Å². The lowest BCUT2D eigenvalue weighted by Crippen LogP contribution is -2.13. The number of amides is 1. The molecule has 120 valence electrons. The molecule has 2 aromatic rings. The molecule has 0 aliphatic carbocycles. The van der Waals surface area contributed by atoms with Gasteiger partial charge in [-0.05, 0) is 48.9 Å². The van der Waals surface area contributed by atoms with Gasteiger partial charge < -0.3 is 15.2 Å². The van der Waals surface area contributed by atoms with Gasteiger partial charge in [0.05, 0.1) is 5.56 Å². The summed E-state index contributed by atoms with van der Waals surface area (Å²) in [5.74, 6) is -1.70. The van der Waals surface area contributed by atoms with Gasteiger partial charge >= 0.3 is 12.6 Å². The van der Waals surface area contributed by atoms with Crippen LogP contribution in [0.4, 0.5) is 14.5 Å². The molecule has 0 unspecified atom stereocenters. The molecule has 0 aromatic heterocycles. The molecule has 7 heteroatoms. The molecule has 0 aliphatic rings. The maximum atomic E-state index is 12.2. The molecule has 2 N–H and O–H groups in total. The Labute approximate surface area is 130 Å². The summed E-state index contributed by atoms with van der Waals surface area (Å²) in [4.78, 5) is 23.1. The van der Waals surface area contributed by atoms with Crippen molar-refractivity contribution in [2.75, 3.05) is 5.32 Å². The first kappa shape index (κ1) is 16.4. The number of nitrogens with one attached hydrogen (secondary N) is 1. The molecule has 0 radical (unpaired) electrons. The fourth-order valence-corrected chi connectivity index (χ4v) is 2.00. The molecule has 23 heavy (non-hydrogen) atoms. The normalized spacial score (nSPS) is 10.4. The lowest BCUT2D eigenvalue weighted by molar-refractivity contribution is -0.0498. The van der Waals surface area contributed by atoms with Gasteiger partial charge in [0, 0.05) is 11.3 Å². The van der Waals surface area contributed by atoms with Gasteiger partial charge in [-0.15, -0.1) is 0 Å². The third-order valence-corrected chi connectivity index (χ3v) is 3.04. The maximum absolute atomic E-state index is 12.2.